The first-order valence-corrected chi connectivity index (χ1v) is 13.5. The Morgan fingerprint density at radius 1 is 0.676 bits per heavy atom. The fourth-order valence-corrected chi connectivity index (χ4v) is 5.57. The van der Waals surface area contributed by atoms with E-state index in [2.05, 4.69) is 18.7 Å². The number of nitrogens with zero attached hydrogens (tertiary/aromatic N) is 2. The lowest BCUT2D eigenvalue weighted by Gasteiger charge is -2.25. The van der Waals surface area contributed by atoms with Crippen LogP contribution in [0.4, 0.5) is 5.69 Å². The summed E-state index contributed by atoms with van der Waals surface area (Å²) >= 11 is 0. The van der Waals surface area contributed by atoms with E-state index < -0.39 is 10.0 Å². The molecule has 0 bridgehead atoms. The molecule has 9 heteroatoms. The number of hydrogen-bond donors (Lipinski definition) is 0. The number of ether oxygens (including phenoxy) is 4. The zero-order valence-corrected chi connectivity index (χ0v) is 23.2. The molecule has 0 aliphatic heterocycles. The quantitative estimate of drug-likeness (QED) is 0.310. The van der Waals surface area contributed by atoms with Crippen molar-refractivity contribution in [1.82, 2.24) is 4.31 Å². The minimum absolute atomic E-state index is 0.100. The Balaban J connectivity index is 2.02. The highest BCUT2D eigenvalue weighted by Gasteiger charge is 2.26. The Labute approximate surface area is 220 Å². The Morgan fingerprint density at radius 2 is 1.22 bits per heavy atom. The predicted molar refractivity (Wildman–Crippen MR) is 146 cm³/mol. The molecule has 0 heterocycles. The molecule has 0 unspecified atom stereocenters. The van der Waals surface area contributed by atoms with Crippen molar-refractivity contribution >= 4 is 15.7 Å². The van der Waals surface area contributed by atoms with E-state index in [1.807, 2.05) is 24.3 Å². The van der Waals surface area contributed by atoms with Gasteiger partial charge in [-0.2, -0.15) is 4.31 Å². The second-order valence-electron chi connectivity index (χ2n) is 8.32. The lowest BCUT2D eigenvalue weighted by Crippen LogP contribution is -2.30. The highest BCUT2D eigenvalue weighted by atomic mass is 32.2. The number of benzene rings is 3. The van der Waals surface area contributed by atoms with Crippen molar-refractivity contribution in [2.75, 3.05) is 46.4 Å². The summed E-state index contributed by atoms with van der Waals surface area (Å²) in [7, 11) is 2.28. The summed E-state index contributed by atoms with van der Waals surface area (Å²) in [6.45, 7) is 6.30. The van der Waals surface area contributed by atoms with E-state index in [1.165, 1.54) is 25.6 Å². The van der Waals surface area contributed by atoms with Gasteiger partial charge in [-0.15, -0.1) is 0 Å². The molecule has 200 valence electrons. The molecule has 3 rings (SSSR count). The van der Waals surface area contributed by atoms with Crippen molar-refractivity contribution in [3.05, 3.63) is 71.8 Å². The molecule has 3 aromatic rings. The normalized spacial score (nSPS) is 11.3. The van der Waals surface area contributed by atoms with Crippen LogP contribution in [0.25, 0.3) is 0 Å². The smallest absolute Gasteiger partial charge is 0.243 e. The Kier molecular flexibility index (Phi) is 9.66. The zero-order chi connectivity index (χ0) is 27.0. The molecular weight excluding hydrogens is 492 g/mol. The molecule has 0 fully saturated rings. The maximum atomic E-state index is 13.8. The summed E-state index contributed by atoms with van der Waals surface area (Å²) in [5.74, 6) is 1.96. The van der Waals surface area contributed by atoms with Gasteiger partial charge in [-0.1, -0.05) is 12.1 Å². The van der Waals surface area contributed by atoms with E-state index in [-0.39, 0.29) is 18.0 Å². The fourth-order valence-electron chi connectivity index (χ4n) is 4.16. The number of methoxy groups -OCH3 is 4. The molecule has 0 aromatic heterocycles. The van der Waals surface area contributed by atoms with Crippen LogP contribution in [0.5, 0.6) is 23.0 Å². The van der Waals surface area contributed by atoms with Crippen molar-refractivity contribution in [2.24, 2.45) is 0 Å². The fraction of sp³-hybridized carbons (Fsp3) is 0.357. The van der Waals surface area contributed by atoms with Crippen molar-refractivity contribution < 1.29 is 27.4 Å². The third-order valence-electron chi connectivity index (χ3n) is 6.20. The van der Waals surface area contributed by atoms with Crippen molar-refractivity contribution in [3.8, 4) is 23.0 Å². The summed E-state index contributed by atoms with van der Waals surface area (Å²) in [6, 6.07) is 17.9. The van der Waals surface area contributed by atoms with Gasteiger partial charge in [0.2, 0.25) is 15.8 Å². The molecule has 0 spiro atoms. The Hall–Kier alpha value is -3.43. The monoisotopic (exact) mass is 528 g/mol. The van der Waals surface area contributed by atoms with Gasteiger partial charge in [-0.3, -0.25) is 0 Å². The first kappa shape index (κ1) is 28.1. The molecule has 0 N–H and O–H groups in total. The van der Waals surface area contributed by atoms with Crippen LogP contribution >= 0.6 is 0 Å². The topological polar surface area (TPSA) is 77.5 Å². The van der Waals surface area contributed by atoms with Gasteiger partial charge in [0.05, 0.1) is 33.3 Å². The molecule has 0 amide bonds. The molecule has 8 nitrogen and oxygen atoms in total. The lowest BCUT2D eigenvalue weighted by molar-refractivity contribution is 0.322. The van der Waals surface area contributed by atoms with Crippen LogP contribution in [0.2, 0.25) is 0 Å². The molecule has 37 heavy (non-hydrogen) atoms. The minimum atomic E-state index is -3.86. The van der Waals surface area contributed by atoms with E-state index in [0.717, 1.165) is 24.3 Å². The SMILES string of the molecule is CCN(CC)c1ccc(CN(Cc2cc(OC)c(OC)c(OC)c2)S(=O)(=O)c2ccc(OC)cc2)cc1. The molecular formula is C28H36N2O6S. The zero-order valence-electron chi connectivity index (χ0n) is 22.4. The average Bonchev–Trinajstić information content (AvgIpc) is 2.93. The highest BCUT2D eigenvalue weighted by Crippen LogP contribution is 2.39. The molecule has 0 aliphatic carbocycles. The van der Waals surface area contributed by atoms with Crippen molar-refractivity contribution in [2.45, 2.75) is 31.8 Å². The van der Waals surface area contributed by atoms with E-state index in [9.17, 15) is 8.42 Å². The molecule has 0 radical (unpaired) electrons. The Bertz CT molecular complexity index is 1230. The maximum Gasteiger partial charge on any atom is 0.243 e. The van der Waals surface area contributed by atoms with Crippen LogP contribution in [0.3, 0.4) is 0 Å². The first-order chi connectivity index (χ1) is 17.8. The third-order valence-corrected chi connectivity index (χ3v) is 8.01. The second-order valence-corrected chi connectivity index (χ2v) is 10.3. The number of rotatable bonds is 13. The molecule has 3 aromatic carbocycles. The van der Waals surface area contributed by atoms with Gasteiger partial charge in [-0.05, 0) is 73.5 Å². The van der Waals surface area contributed by atoms with Crippen molar-refractivity contribution in [3.63, 3.8) is 0 Å². The van der Waals surface area contributed by atoms with Gasteiger partial charge in [0, 0.05) is 31.9 Å². The summed E-state index contributed by atoms with van der Waals surface area (Å²) in [5.41, 5.74) is 2.68. The van der Waals surface area contributed by atoms with Gasteiger partial charge >= 0.3 is 0 Å². The van der Waals surface area contributed by atoms with Gasteiger partial charge in [0.15, 0.2) is 11.5 Å². The summed E-state index contributed by atoms with van der Waals surface area (Å²) < 4.78 is 50.7. The molecule has 0 saturated heterocycles. The van der Waals surface area contributed by atoms with Crippen molar-refractivity contribution in [1.29, 1.82) is 0 Å². The Morgan fingerprint density at radius 3 is 1.68 bits per heavy atom. The highest BCUT2D eigenvalue weighted by molar-refractivity contribution is 7.89. The third kappa shape index (κ3) is 6.47. The first-order valence-electron chi connectivity index (χ1n) is 12.1. The largest absolute Gasteiger partial charge is 0.497 e. The summed E-state index contributed by atoms with van der Waals surface area (Å²) in [5, 5.41) is 0. The van der Waals surface area contributed by atoms with Crippen LogP contribution in [0, 0.1) is 0 Å². The number of anilines is 1. The van der Waals surface area contributed by atoms with Crippen LogP contribution in [-0.4, -0.2) is 54.3 Å². The van der Waals surface area contributed by atoms with Gasteiger partial charge in [-0.25, -0.2) is 8.42 Å². The van der Waals surface area contributed by atoms with Crippen LogP contribution < -0.4 is 23.8 Å². The van der Waals surface area contributed by atoms with E-state index in [1.54, 1.807) is 43.5 Å². The number of sulfonamides is 1. The van der Waals surface area contributed by atoms with Gasteiger partial charge in [0.1, 0.15) is 5.75 Å². The minimum Gasteiger partial charge on any atom is -0.497 e. The van der Waals surface area contributed by atoms with Gasteiger partial charge in [0.25, 0.3) is 0 Å². The molecule has 0 aliphatic rings. The molecule has 0 atom stereocenters. The van der Waals surface area contributed by atoms with Crippen LogP contribution in [-0.2, 0) is 23.1 Å². The maximum absolute atomic E-state index is 13.8. The second kappa shape index (κ2) is 12.7. The lowest BCUT2D eigenvalue weighted by atomic mass is 10.1. The van der Waals surface area contributed by atoms with Crippen LogP contribution in [0.15, 0.2) is 65.6 Å². The van der Waals surface area contributed by atoms with E-state index in [0.29, 0.717) is 28.6 Å². The average molecular weight is 529 g/mol. The van der Waals surface area contributed by atoms with E-state index in [4.69, 9.17) is 18.9 Å². The summed E-state index contributed by atoms with van der Waals surface area (Å²) in [6.07, 6.45) is 0. The van der Waals surface area contributed by atoms with Crippen LogP contribution in [0.1, 0.15) is 25.0 Å². The van der Waals surface area contributed by atoms with Gasteiger partial charge < -0.3 is 23.8 Å². The van der Waals surface area contributed by atoms with E-state index >= 15 is 0 Å². The predicted octanol–water partition coefficient (Wildman–Crippen LogP) is 4.96. The summed E-state index contributed by atoms with van der Waals surface area (Å²) in [4.78, 5) is 2.42. The molecule has 0 saturated carbocycles. The number of hydrogen-bond acceptors (Lipinski definition) is 7. The standard InChI is InChI=1S/C28H36N2O6S/c1-7-29(8-2)23-11-9-21(10-12-23)19-30(37(31,32)25-15-13-24(33-3)14-16-25)20-22-17-26(34-4)28(36-6)27(18-22)35-5/h9-18H,7-8,19-20H2,1-6H3.